The van der Waals surface area contributed by atoms with Gasteiger partial charge in [0.1, 0.15) is 11.2 Å². The van der Waals surface area contributed by atoms with Gasteiger partial charge in [0.25, 0.3) is 0 Å². The molecule has 1 aromatic carbocycles. The van der Waals surface area contributed by atoms with Crippen molar-refractivity contribution in [3.05, 3.63) is 54.6 Å². The van der Waals surface area contributed by atoms with E-state index in [1.807, 2.05) is 41.8 Å². The SMILES string of the molecule is COC(=O)/C(=C\C(C)CCN(C(=O)OC(C)(C)C)C(=O)OC(C)(C)C)c1cn(-c2ccccc2)cn1. The van der Waals surface area contributed by atoms with E-state index in [0.29, 0.717) is 17.7 Å². The number of imide groups is 1. The number of benzene rings is 1. The second kappa shape index (κ2) is 11.9. The van der Waals surface area contributed by atoms with E-state index < -0.39 is 29.4 Å². The lowest BCUT2D eigenvalue weighted by Crippen LogP contribution is -2.44. The van der Waals surface area contributed by atoms with Crippen molar-refractivity contribution < 1.29 is 28.6 Å². The summed E-state index contributed by atoms with van der Waals surface area (Å²) in [6.45, 7) is 12.2. The third-order valence-corrected chi connectivity index (χ3v) is 4.81. The van der Waals surface area contributed by atoms with Crippen LogP contribution in [0, 0.1) is 5.92 Å². The van der Waals surface area contributed by atoms with Crippen LogP contribution in [0.3, 0.4) is 0 Å². The summed E-state index contributed by atoms with van der Waals surface area (Å²) in [7, 11) is 1.31. The summed E-state index contributed by atoms with van der Waals surface area (Å²) >= 11 is 0. The zero-order chi connectivity index (χ0) is 27.1. The molecule has 36 heavy (non-hydrogen) atoms. The van der Waals surface area contributed by atoms with Crippen molar-refractivity contribution in [2.24, 2.45) is 5.92 Å². The fourth-order valence-electron chi connectivity index (χ4n) is 3.16. The number of aromatic nitrogens is 2. The highest BCUT2D eigenvalue weighted by Gasteiger charge is 2.31. The first-order chi connectivity index (χ1) is 16.7. The van der Waals surface area contributed by atoms with Crippen LogP contribution in [0.2, 0.25) is 0 Å². The summed E-state index contributed by atoms with van der Waals surface area (Å²) in [6.07, 6.45) is 3.88. The van der Waals surface area contributed by atoms with Crippen LogP contribution in [0.4, 0.5) is 9.59 Å². The molecule has 1 heterocycles. The van der Waals surface area contributed by atoms with Gasteiger partial charge in [-0.15, -0.1) is 0 Å². The van der Waals surface area contributed by atoms with E-state index in [0.717, 1.165) is 10.6 Å². The summed E-state index contributed by atoms with van der Waals surface area (Å²) in [6, 6.07) is 9.60. The van der Waals surface area contributed by atoms with Gasteiger partial charge in [0.2, 0.25) is 0 Å². The van der Waals surface area contributed by atoms with Crippen molar-refractivity contribution in [3.8, 4) is 5.69 Å². The van der Waals surface area contributed by atoms with Crippen LogP contribution in [-0.2, 0) is 19.0 Å². The normalized spacial score (nSPS) is 13.1. The Hall–Kier alpha value is -3.62. The number of amides is 2. The quantitative estimate of drug-likeness (QED) is 0.277. The highest BCUT2D eigenvalue weighted by Crippen LogP contribution is 2.21. The summed E-state index contributed by atoms with van der Waals surface area (Å²) < 4.78 is 17.6. The Labute approximate surface area is 213 Å². The predicted molar refractivity (Wildman–Crippen MR) is 137 cm³/mol. The molecule has 9 nitrogen and oxygen atoms in total. The van der Waals surface area contributed by atoms with Crippen molar-refractivity contribution in [3.63, 3.8) is 0 Å². The molecule has 0 aliphatic heterocycles. The third kappa shape index (κ3) is 8.87. The lowest BCUT2D eigenvalue weighted by Gasteiger charge is -2.29. The van der Waals surface area contributed by atoms with Gasteiger partial charge in [-0.1, -0.05) is 31.2 Å². The fraction of sp³-hybridized carbons (Fsp3) is 0.481. The molecular weight excluding hydrogens is 462 g/mol. The van der Waals surface area contributed by atoms with Crippen LogP contribution in [0.25, 0.3) is 11.3 Å². The lowest BCUT2D eigenvalue weighted by atomic mass is 10.0. The molecule has 1 unspecified atom stereocenters. The number of rotatable bonds is 7. The second-order valence-electron chi connectivity index (χ2n) is 10.5. The van der Waals surface area contributed by atoms with Crippen LogP contribution >= 0.6 is 0 Å². The molecule has 0 N–H and O–H groups in total. The van der Waals surface area contributed by atoms with Gasteiger partial charge >= 0.3 is 18.2 Å². The van der Waals surface area contributed by atoms with Crippen molar-refractivity contribution in [1.29, 1.82) is 0 Å². The Bertz CT molecular complexity index is 1050. The number of methoxy groups -OCH3 is 1. The van der Waals surface area contributed by atoms with Crippen molar-refractivity contribution >= 4 is 23.7 Å². The molecule has 0 spiro atoms. The van der Waals surface area contributed by atoms with Gasteiger partial charge in [0.05, 0.1) is 24.7 Å². The molecule has 0 aliphatic carbocycles. The maximum atomic E-state index is 12.7. The number of carbonyl (C=O) groups is 3. The molecule has 0 fully saturated rings. The van der Waals surface area contributed by atoms with Crippen LogP contribution in [-0.4, -0.2) is 57.5 Å². The predicted octanol–water partition coefficient (Wildman–Crippen LogP) is 5.63. The van der Waals surface area contributed by atoms with Crippen LogP contribution < -0.4 is 0 Å². The molecule has 196 valence electrons. The number of hydrogen-bond donors (Lipinski definition) is 0. The zero-order valence-corrected chi connectivity index (χ0v) is 22.4. The number of allylic oxidation sites excluding steroid dienone is 1. The van der Waals surface area contributed by atoms with Crippen LogP contribution in [0.5, 0.6) is 0 Å². The number of hydrogen-bond acceptors (Lipinski definition) is 7. The van der Waals surface area contributed by atoms with Crippen molar-refractivity contribution in [2.75, 3.05) is 13.7 Å². The van der Waals surface area contributed by atoms with Gasteiger partial charge in [-0.3, -0.25) is 0 Å². The van der Waals surface area contributed by atoms with Crippen molar-refractivity contribution in [2.45, 2.75) is 66.1 Å². The Morgan fingerprint density at radius 2 is 1.56 bits per heavy atom. The lowest BCUT2D eigenvalue weighted by molar-refractivity contribution is -0.133. The van der Waals surface area contributed by atoms with Gasteiger partial charge in [0.15, 0.2) is 0 Å². The Balaban J connectivity index is 2.24. The Morgan fingerprint density at radius 3 is 2.06 bits per heavy atom. The summed E-state index contributed by atoms with van der Waals surface area (Å²) in [5, 5.41) is 0. The molecule has 0 bridgehead atoms. The van der Waals surface area contributed by atoms with Gasteiger partial charge in [-0.25, -0.2) is 24.3 Å². The summed E-state index contributed by atoms with van der Waals surface area (Å²) in [5.74, 6) is -0.746. The first-order valence-corrected chi connectivity index (χ1v) is 11.8. The van der Waals surface area contributed by atoms with Gasteiger partial charge < -0.3 is 18.8 Å². The number of esters is 1. The Morgan fingerprint density at radius 1 is 1.00 bits per heavy atom. The number of ether oxygens (including phenoxy) is 3. The molecule has 2 rings (SSSR count). The molecule has 2 aromatic rings. The molecular formula is C27H37N3O6. The maximum Gasteiger partial charge on any atom is 0.419 e. The third-order valence-electron chi connectivity index (χ3n) is 4.81. The van der Waals surface area contributed by atoms with E-state index in [2.05, 4.69) is 4.98 Å². The number of carbonyl (C=O) groups excluding carboxylic acids is 3. The Kier molecular flexibility index (Phi) is 9.44. The van der Waals surface area contributed by atoms with E-state index in [-0.39, 0.29) is 12.5 Å². The monoisotopic (exact) mass is 499 g/mol. The minimum Gasteiger partial charge on any atom is -0.465 e. The second-order valence-corrected chi connectivity index (χ2v) is 10.5. The molecule has 0 saturated carbocycles. The van der Waals surface area contributed by atoms with E-state index in [9.17, 15) is 14.4 Å². The smallest absolute Gasteiger partial charge is 0.419 e. The summed E-state index contributed by atoms with van der Waals surface area (Å²) in [5.41, 5.74) is 0.0881. The van der Waals surface area contributed by atoms with Crippen molar-refractivity contribution in [1.82, 2.24) is 14.5 Å². The molecule has 2 amide bonds. The zero-order valence-electron chi connectivity index (χ0n) is 22.4. The number of imidazole rings is 1. The molecule has 0 saturated heterocycles. The molecule has 1 atom stereocenters. The molecule has 1 aromatic heterocycles. The van der Waals surface area contributed by atoms with Gasteiger partial charge in [-0.2, -0.15) is 0 Å². The largest absolute Gasteiger partial charge is 0.465 e. The topological polar surface area (TPSA) is 100.0 Å². The van der Waals surface area contributed by atoms with E-state index in [1.54, 1.807) is 60.1 Å². The number of para-hydroxylation sites is 1. The number of nitrogens with zero attached hydrogens (tertiary/aromatic N) is 3. The molecule has 9 heteroatoms. The fourth-order valence-corrected chi connectivity index (χ4v) is 3.16. The average Bonchev–Trinajstić information content (AvgIpc) is 3.25. The first kappa shape index (κ1) is 28.6. The first-order valence-electron chi connectivity index (χ1n) is 11.8. The summed E-state index contributed by atoms with van der Waals surface area (Å²) in [4.78, 5) is 43.4. The van der Waals surface area contributed by atoms with Gasteiger partial charge in [-0.05, 0) is 66.0 Å². The highest BCUT2D eigenvalue weighted by molar-refractivity contribution is 6.15. The average molecular weight is 500 g/mol. The standard InChI is InChI=1S/C27H37N3O6/c1-19(14-15-30(24(32)35-26(2,3)4)25(33)36-27(5,6)7)16-21(23(31)34-8)22-17-29(18-28-22)20-12-10-9-11-13-20/h9-13,16-19H,14-15H2,1-8H3/b21-16-. The van der Waals surface area contributed by atoms with Crippen LogP contribution in [0.15, 0.2) is 48.9 Å². The highest BCUT2D eigenvalue weighted by atomic mass is 16.6. The van der Waals surface area contributed by atoms with E-state index in [1.165, 1.54) is 7.11 Å². The molecule has 0 aliphatic rings. The van der Waals surface area contributed by atoms with Gasteiger partial charge in [0, 0.05) is 18.4 Å². The van der Waals surface area contributed by atoms with Crippen LogP contribution in [0.1, 0.15) is 60.6 Å². The van der Waals surface area contributed by atoms with E-state index >= 15 is 0 Å². The van der Waals surface area contributed by atoms with E-state index in [4.69, 9.17) is 14.2 Å². The molecule has 0 radical (unpaired) electrons. The maximum absolute atomic E-state index is 12.7. The minimum atomic E-state index is -0.789. The minimum absolute atomic E-state index is 0.0361.